The average Bonchev–Trinajstić information content (AvgIpc) is 2.96. The van der Waals surface area contributed by atoms with Crippen LogP contribution in [0.5, 0.6) is 5.75 Å². The van der Waals surface area contributed by atoms with E-state index in [0.29, 0.717) is 0 Å². The molecular formula is C17H21NO4S. The highest BCUT2D eigenvalue weighted by molar-refractivity contribution is 7.89. The lowest BCUT2D eigenvalue weighted by molar-refractivity contribution is 0.408. The maximum absolute atomic E-state index is 12.8. The first-order chi connectivity index (χ1) is 10.9. The van der Waals surface area contributed by atoms with Gasteiger partial charge in [-0.3, -0.25) is 0 Å². The number of ether oxygens (including phenoxy) is 1. The number of hydrogen-bond acceptors (Lipinski definition) is 4. The first kappa shape index (κ1) is 16.1. The summed E-state index contributed by atoms with van der Waals surface area (Å²) in [6.45, 7) is 3.69. The molecule has 0 fully saturated rings. The average molecular weight is 335 g/mol. The molecule has 0 spiro atoms. The SMILES string of the molecule is COc1c(C)cc(S(=O)(=O)NC2CCCc3occc32)cc1C. The monoisotopic (exact) mass is 335 g/mol. The van der Waals surface area contributed by atoms with Crippen LogP contribution in [0.2, 0.25) is 0 Å². The van der Waals surface area contributed by atoms with Crippen molar-refractivity contribution in [1.82, 2.24) is 4.72 Å². The van der Waals surface area contributed by atoms with Gasteiger partial charge in [-0.25, -0.2) is 13.1 Å². The van der Waals surface area contributed by atoms with Gasteiger partial charge in [-0.15, -0.1) is 0 Å². The van der Waals surface area contributed by atoms with Crippen LogP contribution in [0.15, 0.2) is 33.8 Å². The minimum atomic E-state index is -3.60. The molecule has 124 valence electrons. The summed E-state index contributed by atoms with van der Waals surface area (Å²) in [7, 11) is -2.01. The molecule has 23 heavy (non-hydrogen) atoms. The zero-order valence-corrected chi connectivity index (χ0v) is 14.4. The lowest BCUT2D eigenvalue weighted by Crippen LogP contribution is -2.30. The van der Waals surface area contributed by atoms with Crippen LogP contribution in [0.1, 0.15) is 41.3 Å². The molecule has 1 aromatic carbocycles. The molecule has 1 unspecified atom stereocenters. The second-order valence-electron chi connectivity index (χ2n) is 5.96. The van der Waals surface area contributed by atoms with Crippen LogP contribution in [0.3, 0.4) is 0 Å². The normalized spacial score (nSPS) is 17.8. The predicted molar refractivity (Wildman–Crippen MR) is 87.2 cm³/mol. The van der Waals surface area contributed by atoms with Gasteiger partial charge in [0.05, 0.1) is 24.3 Å². The minimum Gasteiger partial charge on any atom is -0.496 e. The molecule has 0 saturated carbocycles. The zero-order valence-electron chi connectivity index (χ0n) is 13.5. The first-order valence-electron chi connectivity index (χ1n) is 7.66. The molecule has 1 aromatic heterocycles. The van der Waals surface area contributed by atoms with Crippen molar-refractivity contribution in [2.45, 2.75) is 44.0 Å². The number of sulfonamides is 1. The van der Waals surface area contributed by atoms with Gasteiger partial charge < -0.3 is 9.15 Å². The molecule has 0 aliphatic heterocycles. The van der Waals surface area contributed by atoms with Gasteiger partial charge in [0, 0.05) is 12.0 Å². The number of hydrogen-bond donors (Lipinski definition) is 1. The number of methoxy groups -OCH3 is 1. The summed E-state index contributed by atoms with van der Waals surface area (Å²) in [4.78, 5) is 0.268. The summed E-state index contributed by atoms with van der Waals surface area (Å²) < 4.78 is 39.0. The summed E-state index contributed by atoms with van der Waals surface area (Å²) in [5, 5.41) is 0. The zero-order chi connectivity index (χ0) is 16.6. The lowest BCUT2D eigenvalue weighted by atomic mass is 9.94. The van der Waals surface area contributed by atoms with Crippen molar-refractivity contribution < 1.29 is 17.6 Å². The molecule has 1 aliphatic rings. The summed E-state index contributed by atoms with van der Waals surface area (Å²) in [5.41, 5.74) is 2.56. The molecule has 0 bridgehead atoms. The Morgan fingerprint density at radius 3 is 2.61 bits per heavy atom. The largest absolute Gasteiger partial charge is 0.496 e. The molecule has 5 nitrogen and oxygen atoms in total. The topological polar surface area (TPSA) is 68.5 Å². The highest BCUT2D eigenvalue weighted by Gasteiger charge is 2.28. The Balaban J connectivity index is 1.92. The fraction of sp³-hybridized carbons (Fsp3) is 0.412. The number of nitrogens with one attached hydrogen (secondary N) is 1. The summed E-state index contributed by atoms with van der Waals surface area (Å²) in [6, 6.07) is 4.91. The quantitative estimate of drug-likeness (QED) is 0.931. The molecule has 1 heterocycles. The van der Waals surface area contributed by atoms with Crippen molar-refractivity contribution in [2.75, 3.05) is 7.11 Å². The van der Waals surface area contributed by atoms with Crippen LogP contribution in [0.25, 0.3) is 0 Å². The Hall–Kier alpha value is -1.79. The number of aryl methyl sites for hydroxylation is 3. The molecule has 2 aromatic rings. The van der Waals surface area contributed by atoms with Crippen molar-refractivity contribution in [3.8, 4) is 5.75 Å². The summed E-state index contributed by atoms with van der Waals surface area (Å²) >= 11 is 0. The molecule has 0 radical (unpaired) electrons. The van der Waals surface area contributed by atoms with Gasteiger partial charge in [0.2, 0.25) is 10.0 Å². The van der Waals surface area contributed by atoms with E-state index in [1.54, 1.807) is 25.5 Å². The van der Waals surface area contributed by atoms with Crippen LogP contribution in [0, 0.1) is 13.8 Å². The fourth-order valence-electron chi connectivity index (χ4n) is 3.25. The lowest BCUT2D eigenvalue weighted by Gasteiger charge is -2.23. The van der Waals surface area contributed by atoms with E-state index in [2.05, 4.69) is 4.72 Å². The van der Waals surface area contributed by atoms with Gasteiger partial charge in [-0.05, 0) is 56.0 Å². The third-order valence-electron chi connectivity index (χ3n) is 4.30. The van der Waals surface area contributed by atoms with Crippen molar-refractivity contribution >= 4 is 10.0 Å². The number of benzene rings is 1. The van der Waals surface area contributed by atoms with Gasteiger partial charge in [-0.1, -0.05) is 0 Å². The minimum absolute atomic E-state index is 0.231. The van der Waals surface area contributed by atoms with Crippen LogP contribution in [-0.2, 0) is 16.4 Å². The van der Waals surface area contributed by atoms with Gasteiger partial charge in [0.15, 0.2) is 0 Å². The molecule has 1 aliphatic carbocycles. The van der Waals surface area contributed by atoms with Gasteiger partial charge in [-0.2, -0.15) is 0 Å². The predicted octanol–water partition coefficient (Wildman–Crippen LogP) is 3.26. The van der Waals surface area contributed by atoms with E-state index in [-0.39, 0.29) is 10.9 Å². The van der Waals surface area contributed by atoms with Crippen LogP contribution >= 0.6 is 0 Å². The van der Waals surface area contributed by atoms with Crippen molar-refractivity contribution in [3.63, 3.8) is 0 Å². The van der Waals surface area contributed by atoms with Crippen molar-refractivity contribution in [3.05, 3.63) is 46.9 Å². The second kappa shape index (κ2) is 6.02. The first-order valence-corrected chi connectivity index (χ1v) is 9.14. The standard InChI is InChI=1S/C17H21NO4S/c1-11-9-13(10-12(2)17(11)21-3)23(19,20)18-15-5-4-6-16-14(15)7-8-22-16/h7-10,15,18H,4-6H2,1-3H3. The van der Waals surface area contributed by atoms with E-state index in [1.165, 1.54) is 0 Å². The van der Waals surface area contributed by atoms with E-state index in [0.717, 1.165) is 47.5 Å². The number of furan rings is 1. The van der Waals surface area contributed by atoms with E-state index < -0.39 is 10.0 Å². The highest BCUT2D eigenvalue weighted by Crippen LogP contribution is 2.32. The Morgan fingerprint density at radius 2 is 1.96 bits per heavy atom. The van der Waals surface area contributed by atoms with E-state index in [4.69, 9.17) is 9.15 Å². The fourth-order valence-corrected chi connectivity index (χ4v) is 4.67. The van der Waals surface area contributed by atoms with Crippen molar-refractivity contribution in [1.29, 1.82) is 0 Å². The molecule has 1 N–H and O–H groups in total. The number of rotatable bonds is 4. The molecule has 1 atom stereocenters. The maximum Gasteiger partial charge on any atom is 0.241 e. The summed E-state index contributed by atoms with van der Waals surface area (Å²) in [6.07, 6.45) is 4.18. The molecule has 0 saturated heterocycles. The van der Waals surface area contributed by atoms with Crippen LogP contribution < -0.4 is 9.46 Å². The molecule has 3 rings (SSSR count). The Kier molecular flexibility index (Phi) is 4.21. The van der Waals surface area contributed by atoms with Gasteiger partial charge >= 0.3 is 0 Å². The molecule has 0 amide bonds. The third kappa shape index (κ3) is 3.01. The smallest absolute Gasteiger partial charge is 0.241 e. The maximum atomic E-state index is 12.8. The van der Waals surface area contributed by atoms with E-state index in [1.807, 2.05) is 19.9 Å². The highest BCUT2D eigenvalue weighted by atomic mass is 32.2. The van der Waals surface area contributed by atoms with Crippen LogP contribution in [-0.4, -0.2) is 15.5 Å². The second-order valence-corrected chi connectivity index (χ2v) is 7.67. The van der Waals surface area contributed by atoms with Gasteiger partial charge in [0.25, 0.3) is 0 Å². The van der Waals surface area contributed by atoms with Gasteiger partial charge in [0.1, 0.15) is 11.5 Å². The Labute approximate surface area is 136 Å². The Morgan fingerprint density at radius 1 is 1.26 bits per heavy atom. The Bertz CT molecular complexity index is 800. The third-order valence-corrected chi connectivity index (χ3v) is 5.75. The van der Waals surface area contributed by atoms with Crippen LogP contribution in [0.4, 0.5) is 0 Å². The molecule has 6 heteroatoms. The van der Waals surface area contributed by atoms with E-state index in [9.17, 15) is 8.42 Å². The van der Waals surface area contributed by atoms with Crippen molar-refractivity contribution in [2.24, 2.45) is 0 Å². The number of fused-ring (bicyclic) bond motifs is 1. The molecular weight excluding hydrogens is 314 g/mol. The van der Waals surface area contributed by atoms with E-state index >= 15 is 0 Å². The summed E-state index contributed by atoms with van der Waals surface area (Å²) in [5.74, 6) is 1.60.